The van der Waals surface area contributed by atoms with E-state index in [9.17, 15) is 23.1 Å². The lowest BCUT2D eigenvalue weighted by molar-refractivity contribution is -0.144. The number of hydrogen-bond donors (Lipinski definition) is 1. The Balaban J connectivity index is 2.84. The molecular formula is C14H17F3O3. The van der Waals surface area contributed by atoms with E-state index >= 15 is 0 Å². The maximum Gasteiger partial charge on any atom is 0.416 e. The minimum Gasteiger partial charge on any atom is -0.466 e. The topological polar surface area (TPSA) is 46.5 Å². The molecule has 0 saturated carbocycles. The lowest BCUT2D eigenvalue weighted by Gasteiger charge is -2.24. The molecule has 0 aliphatic heterocycles. The fourth-order valence-corrected chi connectivity index (χ4v) is 1.75. The van der Waals surface area contributed by atoms with E-state index in [0.717, 1.165) is 12.1 Å². The van der Waals surface area contributed by atoms with E-state index in [1.807, 2.05) is 0 Å². The minimum absolute atomic E-state index is 0.00680. The molecule has 0 saturated heterocycles. The maximum absolute atomic E-state index is 12.6. The van der Waals surface area contributed by atoms with Crippen molar-refractivity contribution in [3.63, 3.8) is 0 Å². The molecule has 0 radical (unpaired) electrons. The van der Waals surface area contributed by atoms with Gasteiger partial charge in [0, 0.05) is 6.42 Å². The predicted octanol–water partition coefficient (Wildman–Crippen LogP) is 3.26. The number of aliphatic hydroxyl groups is 1. The van der Waals surface area contributed by atoms with Gasteiger partial charge >= 0.3 is 12.1 Å². The van der Waals surface area contributed by atoms with Gasteiger partial charge in [0.25, 0.3) is 0 Å². The van der Waals surface area contributed by atoms with Crippen molar-refractivity contribution in [1.82, 2.24) is 0 Å². The number of ether oxygens (including phenoxy) is 1. The summed E-state index contributed by atoms with van der Waals surface area (Å²) in [4.78, 5) is 11.2. The summed E-state index contributed by atoms with van der Waals surface area (Å²) in [7, 11) is 0. The second-order valence-corrected chi connectivity index (χ2v) is 4.66. The number of benzene rings is 1. The van der Waals surface area contributed by atoms with E-state index in [1.54, 1.807) is 6.92 Å². The average Bonchev–Trinajstić information content (AvgIpc) is 2.36. The van der Waals surface area contributed by atoms with Gasteiger partial charge in [0.05, 0.1) is 17.8 Å². The van der Waals surface area contributed by atoms with Crippen LogP contribution in [0.15, 0.2) is 24.3 Å². The van der Waals surface area contributed by atoms with E-state index in [1.165, 1.54) is 19.1 Å². The molecule has 1 N–H and O–H groups in total. The first kappa shape index (κ1) is 16.5. The van der Waals surface area contributed by atoms with Crippen LogP contribution in [-0.2, 0) is 21.3 Å². The Hall–Kier alpha value is -1.56. The summed E-state index contributed by atoms with van der Waals surface area (Å²) in [6.45, 7) is 3.26. The van der Waals surface area contributed by atoms with Gasteiger partial charge in [-0.25, -0.2) is 0 Å². The maximum atomic E-state index is 12.6. The molecule has 0 bridgehead atoms. The van der Waals surface area contributed by atoms with Gasteiger partial charge in [0.15, 0.2) is 0 Å². The molecule has 1 aromatic rings. The van der Waals surface area contributed by atoms with Gasteiger partial charge in [0.1, 0.15) is 0 Å². The minimum atomic E-state index is -4.47. The Morgan fingerprint density at radius 1 is 1.30 bits per heavy atom. The molecular weight excluding hydrogens is 273 g/mol. The van der Waals surface area contributed by atoms with Crippen LogP contribution in [0, 0.1) is 0 Å². The van der Waals surface area contributed by atoms with E-state index < -0.39 is 23.3 Å². The number of carbonyl (C=O) groups is 1. The van der Waals surface area contributed by atoms with Gasteiger partial charge in [-0.3, -0.25) is 4.79 Å². The van der Waals surface area contributed by atoms with Crippen molar-refractivity contribution in [2.75, 3.05) is 6.61 Å². The van der Waals surface area contributed by atoms with Crippen LogP contribution >= 0.6 is 0 Å². The van der Waals surface area contributed by atoms with Crippen molar-refractivity contribution in [2.45, 2.75) is 38.5 Å². The Labute approximate surface area is 115 Å². The van der Waals surface area contributed by atoms with Crippen LogP contribution in [0.1, 0.15) is 37.8 Å². The van der Waals surface area contributed by atoms with Crippen molar-refractivity contribution in [3.05, 3.63) is 35.4 Å². The predicted molar refractivity (Wildman–Crippen MR) is 66.9 cm³/mol. The van der Waals surface area contributed by atoms with Crippen molar-refractivity contribution in [1.29, 1.82) is 0 Å². The van der Waals surface area contributed by atoms with Gasteiger partial charge in [-0.1, -0.05) is 12.1 Å². The highest BCUT2D eigenvalue weighted by Crippen LogP contribution is 2.33. The molecule has 0 aromatic heterocycles. The van der Waals surface area contributed by atoms with Gasteiger partial charge in [0.2, 0.25) is 0 Å². The van der Waals surface area contributed by atoms with Crippen LogP contribution in [-0.4, -0.2) is 17.7 Å². The van der Waals surface area contributed by atoms with Gasteiger partial charge < -0.3 is 9.84 Å². The van der Waals surface area contributed by atoms with Crippen LogP contribution in [0.2, 0.25) is 0 Å². The molecule has 1 atom stereocenters. The van der Waals surface area contributed by atoms with Crippen LogP contribution in [0.3, 0.4) is 0 Å². The van der Waals surface area contributed by atoms with E-state index in [4.69, 9.17) is 4.74 Å². The zero-order valence-electron chi connectivity index (χ0n) is 11.3. The first-order valence-corrected chi connectivity index (χ1v) is 6.22. The van der Waals surface area contributed by atoms with Crippen LogP contribution < -0.4 is 0 Å². The summed E-state index contributed by atoms with van der Waals surface area (Å²) in [6, 6.07) is 4.47. The quantitative estimate of drug-likeness (QED) is 0.847. The lowest BCUT2D eigenvalue weighted by atomic mass is 9.90. The fraction of sp³-hybridized carbons (Fsp3) is 0.500. The summed E-state index contributed by atoms with van der Waals surface area (Å²) < 4.78 is 42.6. The molecule has 112 valence electrons. The molecule has 1 rings (SSSR count). The number of carbonyl (C=O) groups excluding carboxylic acids is 1. The van der Waals surface area contributed by atoms with Crippen LogP contribution in [0.5, 0.6) is 0 Å². The molecule has 20 heavy (non-hydrogen) atoms. The molecule has 0 amide bonds. The number of hydrogen-bond acceptors (Lipinski definition) is 3. The Kier molecular flexibility index (Phi) is 5.16. The largest absolute Gasteiger partial charge is 0.466 e. The van der Waals surface area contributed by atoms with E-state index in [-0.39, 0.29) is 25.0 Å². The third kappa shape index (κ3) is 4.52. The molecule has 1 unspecified atom stereocenters. The first-order valence-electron chi connectivity index (χ1n) is 6.22. The molecule has 0 spiro atoms. The number of rotatable bonds is 5. The highest BCUT2D eigenvalue weighted by atomic mass is 19.4. The Morgan fingerprint density at radius 2 is 1.90 bits per heavy atom. The lowest BCUT2D eigenvalue weighted by Crippen LogP contribution is -2.23. The van der Waals surface area contributed by atoms with Crippen molar-refractivity contribution in [3.8, 4) is 0 Å². The second kappa shape index (κ2) is 6.26. The molecule has 0 fully saturated rings. The van der Waals surface area contributed by atoms with E-state index in [0.29, 0.717) is 0 Å². The molecule has 0 aliphatic carbocycles. The summed E-state index contributed by atoms with van der Waals surface area (Å²) in [5.74, 6) is -0.486. The van der Waals surface area contributed by atoms with Gasteiger partial charge in [-0.2, -0.15) is 13.2 Å². The Bertz CT molecular complexity index is 467. The molecule has 6 heteroatoms. The molecule has 1 aromatic carbocycles. The Morgan fingerprint density at radius 3 is 2.45 bits per heavy atom. The number of halogens is 3. The smallest absolute Gasteiger partial charge is 0.416 e. The van der Waals surface area contributed by atoms with Crippen molar-refractivity contribution >= 4 is 5.97 Å². The zero-order valence-corrected chi connectivity index (χ0v) is 11.3. The molecule has 0 aliphatic rings. The average molecular weight is 290 g/mol. The van der Waals surface area contributed by atoms with Crippen LogP contribution in [0.4, 0.5) is 13.2 Å². The third-order valence-corrected chi connectivity index (χ3v) is 2.93. The van der Waals surface area contributed by atoms with E-state index in [2.05, 4.69) is 0 Å². The summed E-state index contributed by atoms with van der Waals surface area (Å²) in [5, 5.41) is 10.2. The second-order valence-electron chi connectivity index (χ2n) is 4.66. The summed E-state index contributed by atoms with van der Waals surface area (Å²) in [6.07, 6.45) is -4.53. The SMILES string of the molecule is CCOC(=O)CCC(C)(O)c1cccc(C(F)(F)F)c1. The summed E-state index contributed by atoms with van der Waals surface area (Å²) in [5.41, 5.74) is -2.23. The number of alkyl halides is 3. The third-order valence-electron chi connectivity index (χ3n) is 2.93. The normalized spacial score (nSPS) is 14.7. The zero-order chi connectivity index (χ0) is 15.4. The highest BCUT2D eigenvalue weighted by molar-refractivity contribution is 5.69. The fourth-order valence-electron chi connectivity index (χ4n) is 1.75. The van der Waals surface area contributed by atoms with Crippen LogP contribution in [0.25, 0.3) is 0 Å². The van der Waals surface area contributed by atoms with Gasteiger partial charge in [-0.15, -0.1) is 0 Å². The highest BCUT2D eigenvalue weighted by Gasteiger charge is 2.32. The summed E-state index contributed by atoms with van der Waals surface area (Å²) >= 11 is 0. The molecule has 3 nitrogen and oxygen atoms in total. The van der Waals surface area contributed by atoms with Gasteiger partial charge in [-0.05, 0) is 38.0 Å². The number of esters is 1. The first-order chi connectivity index (χ1) is 9.16. The van der Waals surface area contributed by atoms with Crippen molar-refractivity contribution in [2.24, 2.45) is 0 Å². The standard InChI is InChI=1S/C14H17F3O3/c1-3-20-12(18)7-8-13(2,19)10-5-4-6-11(9-10)14(15,16)17/h4-6,9,19H,3,7-8H2,1-2H3. The van der Waals surface area contributed by atoms with Crippen molar-refractivity contribution < 1.29 is 27.8 Å². The monoisotopic (exact) mass is 290 g/mol. The molecule has 0 heterocycles.